The molecule has 9 aromatic rings. The van der Waals surface area contributed by atoms with Gasteiger partial charge in [0.2, 0.25) is 46.9 Å². The maximum Gasteiger partial charge on any atom is 0.437 e. The average Bonchev–Trinajstić information content (AvgIpc) is 1.69. The van der Waals surface area contributed by atoms with E-state index in [1.54, 1.807) is 52.5 Å². The number of carbonyl (C=O) groups is 4. The quantitative estimate of drug-likeness (QED) is 0.0279. The van der Waals surface area contributed by atoms with Crippen molar-refractivity contribution >= 4 is 36.3 Å². The van der Waals surface area contributed by atoms with E-state index in [1.807, 2.05) is 148 Å². The largest absolute Gasteiger partial charge is 1.00 e. The first kappa shape index (κ1) is 107. The van der Waals surface area contributed by atoms with Crippen LogP contribution in [0.2, 0.25) is 0 Å². The highest BCUT2D eigenvalue weighted by Gasteiger charge is 2.39. The molecule has 0 unspecified atom stereocenters. The summed E-state index contributed by atoms with van der Waals surface area (Å²) in [6, 6.07) is 33.5. The van der Waals surface area contributed by atoms with Crippen molar-refractivity contribution in [1.29, 1.82) is 0 Å². The molecule has 4 atom stereocenters. The average molecular weight is 1950 g/mol. The third kappa shape index (κ3) is 33.6. The van der Waals surface area contributed by atoms with Crippen molar-refractivity contribution in [1.82, 2.24) is 76.1 Å². The number of hydrogen-bond acceptors (Lipinski definition) is 23. The zero-order valence-electron chi connectivity index (χ0n) is 84.3. The normalized spacial score (nSPS) is 18.7. The van der Waals surface area contributed by atoms with Crippen LogP contribution in [0.4, 0.5) is 19.2 Å². The number of carbonyl (C=O) groups excluding carboxylic acids is 4. The Bertz CT molecular complexity index is 6000. The van der Waals surface area contributed by atoms with Gasteiger partial charge in [0.15, 0.2) is 6.04 Å². The molecule has 0 spiro atoms. The van der Waals surface area contributed by atoms with Crippen LogP contribution in [-0.2, 0) is 18.9 Å². The zero-order chi connectivity index (χ0) is 100. The molecule has 9 heterocycles. The lowest BCUT2D eigenvalue weighted by molar-refractivity contribution is -0.555. The Morgan fingerprint density at radius 3 is 1.18 bits per heavy atom. The van der Waals surface area contributed by atoms with E-state index in [-0.39, 0.29) is 48.6 Å². The highest BCUT2D eigenvalue weighted by Crippen LogP contribution is 2.38. The van der Waals surface area contributed by atoms with Gasteiger partial charge in [0, 0.05) is 99.6 Å². The number of benzene rings is 4. The van der Waals surface area contributed by atoms with Crippen LogP contribution in [0.5, 0.6) is 0 Å². The lowest BCUT2D eigenvalue weighted by Crippen LogP contribution is -3.00. The SMILES string of the molecule is C#CC1CCCC1.C(#CC1CCCC1)c1ccc(-c2noc([C@@H]3CCCN3)n2)cc1.C=C(NC(=O)OC(C)(C)C)N1CCC[C@H]1c1nc(-c2ccc(C#CC3CCCC3)cc2)no1.CC(C)(C)OC(=O)N1CCC[C@H]1c1nc(-c2ccc(C#CC3CCCC3)cc2)no1.CC(C)(C)OC(=O)N=C(NC(=O)OC(C)(C)C)n1cccn1.NC(N)=[N+]1CCC[C@H]1c1nc(-c2ccc(C#CC3CCCC3)cc2)no1.[Cl-]. The maximum atomic E-state index is 12.5. The Balaban J connectivity index is 0.000000156. The molecule has 9 fully saturated rings. The van der Waals surface area contributed by atoms with Gasteiger partial charge in [-0.05, 0) is 308 Å². The first-order valence-electron chi connectivity index (χ1n) is 50.1. The Morgan fingerprint density at radius 2 is 0.817 bits per heavy atom. The first-order chi connectivity index (χ1) is 67.6. The predicted molar refractivity (Wildman–Crippen MR) is 538 cm³/mol. The van der Waals surface area contributed by atoms with Crippen molar-refractivity contribution in [3.8, 4) is 105 Å². The van der Waals surface area contributed by atoms with Crippen LogP contribution in [-0.4, -0.2) is 150 Å². The lowest BCUT2D eigenvalue weighted by atomic mass is 10.1. The zero-order valence-corrected chi connectivity index (χ0v) is 85.0. The number of ether oxygens (including phenoxy) is 4. The summed E-state index contributed by atoms with van der Waals surface area (Å²) in [5.41, 5.74) is 16.8. The number of nitrogens with zero attached hydrogens (tertiary/aromatic N) is 14. The third-order valence-corrected chi connectivity index (χ3v) is 24.9. The number of terminal acetylenes is 1. The molecule has 31 nitrogen and oxygen atoms in total. The lowest BCUT2D eigenvalue weighted by Gasteiger charge is -2.27. The molecule has 4 amide bonds. The van der Waals surface area contributed by atoms with E-state index < -0.39 is 40.7 Å². The Morgan fingerprint density at radius 1 is 0.451 bits per heavy atom. The van der Waals surface area contributed by atoms with Gasteiger partial charge in [-0.15, -0.1) is 17.3 Å². The van der Waals surface area contributed by atoms with Crippen molar-refractivity contribution < 1.29 is 73.2 Å². The molecule has 5 aliphatic carbocycles. The molecule has 142 heavy (non-hydrogen) atoms. The second kappa shape index (κ2) is 51.2. The van der Waals surface area contributed by atoms with Crippen LogP contribution < -0.4 is 39.8 Å². The summed E-state index contributed by atoms with van der Waals surface area (Å²) in [6.45, 7) is 28.6. The molecule has 18 rings (SSSR count). The number of rotatable bonds is 10. The second-order valence-electron chi connectivity index (χ2n) is 41.0. The van der Waals surface area contributed by atoms with Gasteiger partial charge in [-0.3, -0.25) is 31.6 Å². The van der Waals surface area contributed by atoms with Crippen molar-refractivity contribution in [2.75, 3.05) is 26.2 Å². The molecule has 4 saturated heterocycles. The molecule has 32 heteroatoms. The van der Waals surface area contributed by atoms with Gasteiger partial charge in [0.25, 0.3) is 5.89 Å². The van der Waals surface area contributed by atoms with Crippen LogP contribution in [0.3, 0.4) is 0 Å². The number of nitrogens with one attached hydrogen (secondary N) is 3. The predicted octanol–water partition coefficient (Wildman–Crippen LogP) is 18.2. The monoisotopic (exact) mass is 1950 g/mol. The Kier molecular flexibility index (Phi) is 38.7. The minimum atomic E-state index is -0.839. The van der Waals surface area contributed by atoms with Crippen molar-refractivity contribution in [2.45, 2.75) is 309 Å². The molecule has 4 aliphatic heterocycles. The van der Waals surface area contributed by atoms with E-state index in [4.69, 9.17) is 54.9 Å². The number of hydrogen-bond donors (Lipinski definition) is 5. The van der Waals surface area contributed by atoms with E-state index in [9.17, 15) is 19.2 Å². The summed E-state index contributed by atoms with van der Waals surface area (Å²) in [4.78, 5) is 73.9. The highest BCUT2D eigenvalue weighted by atomic mass is 35.5. The van der Waals surface area contributed by atoms with Gasteiger partial charge < -0.3 is 59.7 Å². The summed E-state index contributed by atoms with van der Waals surface area (Å²) in [6.07, 6.45) is 38.9. The van der Waals surface area contributed by atoms with Crippen LogP contribution >= 0.6 is 0 Å². The van der Waals surface area contributed by atoms with E-state index >= 15 is 0 Å². The molecule has 7 N–H and O–H groups in total. The van der Waals surface area contributed by atoms with Gasteiger partial charge in [-0.2, -0.15) is 25.0 Å². The van der Waals surface area contributed by atoms with E-state index in [0.717, 1.165) is 116 Å². The molecule has 0 bridgehead atoms. The van der Waals surface area contributed by atoms with Gasteiger partial charge in [0.05, 0.1) is 12.6 Å². The second-order valence-corrected chi connectivity index (χ2v) is 41.0. The number of halogens is 1. The minimum absolute atomic E-state index is 0. The fourth-order valence-electron chi connectivity index (χ4n) is 17.8. The Labute approximate surface area is 841 Å². The van der Waals surface area contributed by atoms with Crippen molar-refractivity contribution in [2.24, 2.45) is 46.0 Å². The van der Waals surface area contributed by atoms with Crippen LogP contribution in [0.15, 0.2) is 151 Å². The number of nitrogens with two attached hydrogens (primary N) is 2. The fraction of sp³-hybridized carbons (Fsp3) is 0.518. The molecule has 4 aromatic carbocycles. The van der Waals surface area contributed by atoms with Gasteiger partial charge in [-0.25, -0.2) is 23.9 Å². The summed E-state index contributed by atoms with van der Waals surface area (Å²) in [5.74, 6) is 37.5. The summed E-state index contributed by atoms with van der Waals surface area (Å²) in [7, 11) is 0. The Hall–Kier alpha value is -13.5. The maximum absolute atomic E-state index is 12.5. The first-order valence-corrected chi connectivity index (χ1v) is 50.1. The van der Waals surface area contributed by atoms with Gasteiger partial charge in [-0.1, -0.05) is 139 Å². The number of guanidine groups is 1. The number of amides is 4. The molecule has 5 aromatic heterocycles. The summed E-state index contributed by atoms with van der Waals surface area (Å²) >= 11 is 0. The van der Waals surface area contributed by atoms with Gasteiger partial charge >= 0.3 is 30.3 Å². The smallest absolute Gasteiger partial charge is 0.437 e. The van der Waals surface area contributed by atoms with Crippen molar-refractivity contribution in [3.63, 3.8) is 0 Å². The number of likely N-dealkylation sites (tertiary alicyclic amines) is 2. The van der Waals surface area contributed by atoms with Crippen LogP contribution in [0, 0.1) is 89.3 Å². The van der Waals surface area contributed by atoms with E-state index in [1.165, 1.54) is 145 Å². The van der Waals surface area contributed by atoms with E-state index in [2.05, 4.69) is 126 Å². The molecule has 5 saturated carbocycles. The minimum Gasteiger partial charge on any atom is -1.00 e. The fourth-order valence-corrected chi connectivity index (χ4v) is 17.8. The molecule has 752 valence electrons. The van der Waals surface area contributed by atoms with Crippen molar-refractivity contribution in [3.05, 3.63) is 174 Å². The van der Waals surface area contributed by atoms with E-state index in [0.29, 0.717) is 94.8 Å². The van der Waals surface area contributed by atoms with Crippen LogP contribution in [0.1, 0.15) is 333 Å². The number of alkyl carbamates (subject to hydrolysis) is 2. The number of aliphatic imine (C=N–C) groups is 1. The third-order valence-electron chi connectivity index (χ3n) is 24.9. The summed E-state index contributed by atoms with van der Waals surface area (Å²) in [5, 5.41) is 29.0. The van der Waals surface area contributed by atoms with Crippen LogP contribution in [0.25, 0.3) is 45.6 Å². The molecular formula is C110H138ClN19O12. The summed E-state index contributed by atoms with van der Waals surface area (Å²) < 4.78 is 46.2. The highest BCUT2D eigenvalue weighted by molar-refractivity contribution is 5.99. The molecular weight excluding hydrogens is 1810 g/mol. The standard InChI is InChI=1S/C26H32N4O3.C24H29N3O3.C20H23N5O.C19H21N3O.C14H22N4O4.C7H10.ClH/c1-18(27-25(31)32-26(2,3)4)30-17-7-10-22(30)24-28-23(29-33-24)21-15-13-20(14-16-21)12-11-19-8-5-6-9-19;1-24(2,3)29-23(28)27-16-6-9-20(27)22-25-21(26-30-22)19-14-12-18(13-15-19)11-10-17-7-4-5-8-17;21-20(22)25-13-3-6-17(25)19-23-18(24-26-19)16-11-9-15(10-12-16)8-7-14-4-1-2-5-14;1-2-5-14(4-1)7-8-15-9-11-16(12-10-15)18-21-19(23-22-18)17-6-3-13-20-17;1-13(2,3)21-11(19)16-10(18-9-7-8-15-18)17-12(20)22-14(4,5)6;1-2-7-5-3-4-6-7;/h13-16,19,22H,1,5-10,17H2,2-4H3,(H,27,31);12-15,17,20H,4-9,16H2,1-3H3;9-12,14,17H,1-6,13H2,(H3,21,22);9-12,14,17,20H,1-6,13H2;7-9H,1-6H3,(H,16,17,19,20);1,7H,3-6H2;1H/t22-;20-;2*17-;;;/m0000.../s1. The van der Waals surface area contributed by atoms with Gasteiger partial charge in [0.1, 0.15) is 40.3 Å². The molecule has 0 radical (unpaired) electrons. The number of aromatic nitrogens is 10. The molecule has 9 aliphatic rings. The topological polar surface area (TPSA) is 389 Å².